The second kappa shape index (κ2) is 5.83. The molecule has 1 unspecified atom stereocenters. The first kappa shape index (κ1) is 14.8. The third kappa shape index (κ3) is 2.52. The minimum Gasteiger partial charge on any atom is -0.370 e. The number of aromatic nitrogens is 4. The molecule has 0 aromatic carbocycles. The Morgan fingerprint density at radius 2 is 2.20 bits per heavy atom. The van der Waals surface area contributed by atoms with Gasteiger partial charge < -0.3 is 10.3 Å². The number of amides is 1. The Labute approximate surface area is 122 Å². The summed E-state index contributed by atoms with van der Waals surface area (Å²) in [6.45, 7) is 6.68. The van der Waals surface area contributed by atoms with E-state index in [1.54, 1.807) is 0 Å². The molecule has 0 aliphatic carbocycles. The van der Waals surface area contributed by atoms with E-state index in [4.69, 9.17) is 17.3 Å². The summed E-state index contributed by atoms with van der Waals surface area (Å²) in [6, 6.07) is -0.0582. The van der Waals surface area contributed by atoms with Crippen LogP contribution in [0.5, 0.6) is 0 Å². The molecule has 2 aromatic heterocycles. The maximum absolute atomic E-state index is 11.2. The highest BCUT2D eigenvalue weighted by atomic mass is 35.5. The lowest BCUT2D eigenvalue weighted by Gasteiger charge is -2.16. The van der Waals surface area contributed by atoms with Crippen LogP contribution in [0.25, 0.3) is 11.2 Å². The van der Waals surface area contributed by atoms with Gasteiger partial charge in [0.1, 0.15) is 11.3 Å². The van der Waals surface area contributed by atoms with Gasteiger partial charge in [-0.25, -0.2) is 9.67 Å². The van der Waals surface area contributed by atoms with Crippen LogP contribution in [-0.2, 0) is 17.8 Å². The van der Waals surface area contributed by atoms with Gasteiger partial charge in [-0.05, 0) is 20.8 Å². The summed E-state index contributed by atoms with van der Waals surface area (Å²) in [5.74, 6) is 1.04. The zero-order chi connectivity index (χ0) is 14.9. The zero-order valence-corrected chi connectivity index (χ0v) is 12.8. The van der Waals surface area contributed by atoms with E-state index < -0.39 is 0 Å². The number of fused-ring (bicyclic) bond motifs is 1. The van der Waals surface area contributed by atoms with Gasteiger partial charge in [0.25, 0.3) is 0 Å². The quantitative estimate of drug-likeness (QED) is 0.825. The van der Waals surface area contributed by atoms with Gasteiger partial charge in [0.2, 0.25) is 5.91 Å². The average Bonchev–Trinajstić information content (AvgIpc) is 2.87. The highest BCUT2D eigenvalue weighted by Gasteiger charge is 2.22. The van der Waals surface area contributed by atoms with Crippen molar-refractivity contribution in [3.8, 4) is 0 Å². The highest BCUT2D eigenvalue weighted by molar-refractivity contribution is 6.17. The van der Waals surface area contributed by atoms with Crippen LogP contribution >= 0.6 is 11.6 Å². The van der Waals surface area contributed by atoms with E-state index in [0.29, 0.717) is 12.3 Å². The number of primary amides is 1. The summed E-state index contributed by atoms with van der Waals surface area (Å²) in [4.78, 5) is 15.9. The molecule has 0 saturated carbocycles. The second-order valence-electron chi connectivity index (χ2n) is 4.93. The lowest BCUT2D eigenvalue weighted by molar-refractivity contribution is -0.118. The smallest absolute Gasteiger partial charge is 0.219 e. The van der Waals surface area contributed by atoms with Crippen molar-refractivity contribution < 1.29 is 4.79 Å². The summed E-state index contributed by atoms with van der Waals surface area (Å²) in [6.07, 6.45) is 0.928. The fraction of sp³-hybridized carbons (Fsp3) is 0.615. The van der Waals surface area contributed by atoms with Crippen molar-refractivity contribution in [2.75, 3.05) is 5.88 Å². The van der Waals surface area contributed by atoms with Gasteiger partial charge in [0, 0.05) is 31.3 Å². The predicted octanol–water partition coefficient (Wildman–Crippen LogP) is 1.78. The van der Waals surface area contributed by atoms with Crippen LogP contribution in [-0.4, -0.2) is 31.1 Å². The summed E-state index contributed by atoms with van der Waals surface area (Å²) < 4.78 is 3.96. The molecule has 6 nitrogen and oxygen atoms in total. The molecule has 0 aliphatic rings. The van der Waals surface area contributed by atoms with Crippen molar-refractivity contribution in [2.45, 2.75) is 46.2 Å². The van der Waals surface area contributed by atoms with Gasteiger partial charge in [0.15, 0.2) is 5.65 Å². The monoisotopic (exact) mass is 297 g/mol. The van der Waals surface area contributed by atoms with Gasteiger partial charge in [-0.1, -0.05) is 0 Å². The predicted molar refractivity (Wildman–Crippen MR) is 78.9 cm³/mol. The topological polar surface area (TPSA) is 78.7 Å². The molecule has 0 saturated heterocycles. The number of carbonyl (C=O) groups is 1. The second-order valence-corrected chi connectivity index (χ2v) is 5.31. The molecule has 2 rings (SSSR count). The first-order valence-corrected chi connectivity index (χ1v) is 7.31. The maximum Gasteiger partial charge on any atom is 0.219 e. The Hall–Kier alpha value is -1.56. The zero-order valence-electron chi connectivity index (χ0n) is 12.1. The largest absolute Gasteiger partial charge is 0.370 e. The third-order valence-corrected chi connectivity index (χ3v) is 3.56. The van der Waals surface area contributed by atoms with Crippen molar-refractivity contribution >= 4 is 28.7 Å². The van der Waals surface area contributed by atoms with Crippen molar-refractivity contribution in [2.24, 2.45) is 5.73 Å². The number of imidazole rings is 1. The highest BCUT2D eigenvalue weighted by Crippen LogP contribution is 2.25. The van der Waals surface area contributed by atoms with E-state index in [-0.39, 0.29) is 18.4 Å². The van der Waals surface area contributed by atoms with Gasteiger partial charge in [-0.15, -0.1) is 11.6 Å². The summed E-state index contributed by atoms with van der Waals surface area (Å²) in [5, 5.41) is 4.48. The van der Waals surface area contributed by atoms with Crippen molar-refractivity contribution in [1.29, 1.82) is 0 Å². The number of aryl methyl sites for hydroxylation is 3. The van der Waals surface area contributed by atoms with E-state index in [1.807, 2.05) is 30.0 Å². The molecule has 0 fully saturated rings. The van der Waals surface area contributed by atoms with Crippen LogP contribution in [0.4, 0.5) is 0 Å². The van der Waals surface area contributed by atoms with Crippen molar-refractivity contribution in [1.82, 2.24) is 19.3 Å². The minimum atomic E-state index is -0.324. The molecule has 0 bridgehead atoms. The van der Waals surface area contributed by atoms with E-state index in [2.05, 4.69) is 10.1 Å². The number of nitrogens with zero attached hydrogens (tertiary/aromatic N) is 4. The van der Waals surface area contributed by atoms with Crippen molar-refractivity contribution in [3.63, 3.8) is 0 Å². The maximum atomic E-state index is 11.2. The SMILES string of the molecule is CCn1nc(C)c2nc(CCCl)n(C(C)CC(N)=O)c21. The standard InChI is InChI=1S/C13H20ClN5O/c1-4-18-13-12(9(3)17-18)16-11(5-6-14)19(13)8(2)7-10(15)20/h8H,4-7H2,1-3H3,(H2,15,20). The van der Waals surface area contributed by atoms with Gasteiger partial charge in [-0.2, -0.15) is 5.10 Å². The van der Waals surface area contributed by atoms with Crippen LogP contribution in [0.3, 0.4) is 0 Å². The Morgan fingerprint density at radius 1 is 1.50 bits per heavy atom. The van der Waals surface area contributed by atoms with Gasteiger partial charge in [0.05, 0.1) is 5.69 Å². The van der Waals surface area contributed by atoms with Crippen molar-refractivity contribution in [3.05, 3.63) is 11.5 Å². The molecule has 2 heterocycles. The van der Waals surface area contributed by atoms with Crippen LogP contribution < -0.4 is 5.73 Å². The summed E-state index contributed by atoms with van der Waals surface area (Å²) >= 11 is 5.86. The third-order valence-electron chi connectivity index (χ3n) is 3.37. The average molecular weight is 298 g/mol. The number of halogens is 1. The van der Waals surface area contributed by atoms with E-state index in [9.17, 15) is 4.79 Å². The van der Waals surface area contributed by atoms with Gasteiger partial charge in [-0.3, -0.25) is 4.79 Å². The number of alkyl halides is 1. The summed E-state index contributed by atoms with van der Waals surface area (Å²) in [7, 11) is 0. The lowest BCUT2D eigenvalue weighted by Crippen LogP contribution is -2.20. The first-order valence-electron chi connectivity index (χ1n) is 6.78. The molecule has 7 heteroatoms. The molecular weight excluding hydrogens is 278 g/mol. The Kier molecular flexibility index (Phi) is 4.32. The molecule has 0 spiro atoms. The molecule has 0 aliphatic heterocycles. The number of hydrogen-bond acceptors (Lipinski definition) is 3. The summed E-state index contributed by atoms with van der Waals surface area (Å²) in [5.41, 5.74) is 8.03. The van der Waals surface area contributed by atoms with Crippen LogP contribution in [0, 0.1) is 6.92 Å². The molecule has 20 heavy (non-hydrogen) atoms. The van der Waals surface area contributed by atoms with Crippen LogP contribution in [0.1, 0.15) is 37.8 Å². The molecule has 1 amide bonds. The van der Waals surface area contributed by atoms with Gasteiger partial charge >= 0.3 is 0 Å². The molecular formula is C13H20ClN5O. The molecule has 1 atom stereocenters. The number of carbonyl (C=O) groups excluding carboxylic acids is 1. The fourth-order valence-corrected chi connectivity index (χ4v) is 2.73. The van der Waals surface area contributed by atoms with E-state index >= 15 is 0 Å². The fourth-order valence-electron chi connectivity index (χ4n) is 2.56. The van der Waals surface area contributed by atoms with Crippen LogP contribution in [0.2, 0.25) is 0 Å². The Morgan fingerprint density at radius 3 is 2.75 bits per heavy atom. The number of hydrogen-bond donors (Lipinski definition) is 1. The van der Waals surface area contributed by atoms with Crippen LogP contribution in [0.15, 0.2) is 0 Å². The number of nitrogens with two attached hydrogens (primary N) is 1. The molecule has 0 radical (unpaired) electrons. The Bertz CT molecular complexity index is 630. The Balaban J connectivity index is 2.62. The number of rotatable bonds is 6. The molecule has 2 N–H and O–H groups in total. The normalized spacial score (nSPS) is 13.0. The first-order chi connectivity index (χ1) is 9.49. The minimum absolute atomic E-state index is 0.0582. The molecule has 110 valence electrons. The molecule has 2 aromatic rings. The van der Waals surface area contributed by atoms with E-state index in [0.717, 1.165) is 29.2 Å². The lowest BCUT2D eigenvalue weighted by atomic mass is 10.2. The van der Waals surface area contributed by atoms with E-state index in [1.165, 1.54) is 0 Å².